The van der Waals surface area contributed by atoms with Crippen LogP contribution in [-0.4, -0.2) is 47.6 Å². The average Bonchev–Trinajstić information content (AvgIpc) is 3.47. The number of aliphatic hydroxyl groups excluding tert-OH is 1. The molecule has 3 aromatic carbocycles. The number of nitrogens with zero attached hydrogens (tertiary/aromatic N) is 2. The van der Waals surface area contributed by atoms with Crippen LogP contribution in [0.3, 0.4) is 0 Å². The van der Waals surface area contributed by atoms with E-state index in [4.69, 9.17) is 0 Å². The van der Waals surface area contributed by atoms with Crippen LogP contribution in [0.4, 0.5) is 17.6 Å². The Morgan fingerprint density at radius 1 is 1.12 bits per heavy atom. The molecular formula is C28H25F4N3O6S. The summed E-state index contributed by atoms with van der Waals surface area (Å²) >= 11 is 0. The first-order chi connectivity index (χ1) is 19.7. The highest BCUT2D eigenvalue weighted by molar-refractivity contribution is 7.91. The summed E-state index contributed by atoms with van der Waals surface area (Å²) in [6.07, 6.45) is -3.89. The number of hydrogen-bond acceptors (Lipinski definition) is 7. The van der Waals surface area contributed by atoms with Crippen LogP contribution < -0.4 is 14.8 Å². The summed E-state index contributed by atoms with van der Waals surface area (Å²) in [6.45, 7) is 1.35. The van der Waals surface area contributed by atoms with Crippen molar-refractivity contribution in [3.8, 4) is 11.5 Å². The predicted molar refractivity (Wildman–Crippen MR) is 143 cm³/mol. The summed E-state index contributed by atoms with van der Waals surface area (Å²) in [5, 5.41) is 12.5. The van der Waals surface area contributed by atoms with Gasteiger partial charge in [0.1, 0.15) is 0 Å². The SMILES string of the molecule is CCS(=O)(=O)c1ccc([C@H](CO)NC(=O)c2ccc3c(c2)nc(C(C)(F)F)n3Cc2cccc3c2OC(F)(F)O3)cc1. The van der Waals surface area contributed by atoms with Crippen LogP contribution in [0.15, 0.2) is 65.6 Å². The minimum atomic E-state index is -3.89. The minimum Gasteiger partial charge on any atom is -0.395 e. The standard InChI is InChI=1S/C28H25F4N3O6S/c1-3-42(38,39)19-10-7-16(8-11-19)21(15-36)33-25(37)17-9-12-22-20(13-17)34-26(27(2,29)30)35(22)14-18-5-4-6-23-24(18)41-28(31,32)40-23/h4-13,21,36H,3,14-15H2,1-2H3,(H,33,37)/t21-/m0/s1. The predicted octanol–water partition coefficient (Wildman–Crippen LogP) is 4.77. The summed E-state index contributed by atoms with van der Waals surface area (Å²) in [7, 11) is -3.43. The van der Waals surface area contributed by atoms with E-state index >= 15 is 0 Å². The first-order valence-corrected chi connectivity index (χ1v) is 14.4. The fourth-order valence-corrected chi connectivity index (χ4v) is 5.52. The third-order valence-corrected chi connectivity index (χ3v) is 8.50. The summed E-state index contributed by atoms with van der Waals surface area (Å²) in [4.78, 5) is 17.2. The number of sulfone groups is 1. The molecule has 0 saturated heterocycles. The van der Waals surface area contributed by atoms with Gasteiger partial charge >= 0.3 is 12.2 Å². The lowest BCUT2D eigenvalue weighted by Crippen LogP contribution is -2.30. The molecule has 1 atom stereocenters. The molecule has 1 aliphatic heterocycles. The lowest BCUT2D eigenvalue weighted by Gasteiger charge is -2.17. The number of ether oxygens (including phenoxy) is 2. The van der Waals surface area contributed by atoms with Gasteiger partial charge < -0.3 is 24.5 Å². The van der Waals surface area contributed by atoms with Crippen LogP contribution in [0.2, 0.25) is 0 Å². The first-order valence-electron chi connectivity index (χ1n) is 12.7. The number of amides is 1. The quantitative estimate of drug-likeness (QED) is 0.263. The van der Waals surface area contributed by atoms with E-state index in [0.717, 1.165) is 4.57 Å². The van der Waals surface area contributed by atoms with Gasteiger partial charge in [0.15, 0.2) is 27.2 Å². The molecule has 9 nitrogen and oxygen atoms in total. The van der Waals surface area contributed by atoms with Crippen molar-refractivity contribution in [3.05, 3.63) is 83.2 Å². The highest BCUT2D eigenvalue weighted by Gasteiger charge is 2.44. The van der Waals surface area contributed by atoms with Crippen molar-refractivity contribution in [3.63, 3.8) is 0 Å². The number of carbonyl (C=O) groups excluding carboxylic acids is 1. The van der Waals surface area contributed by atoms with Crippen LogP contribution in [0.25, 0.3) is 11.0 Å². The molecule has 1 amide bonds. The van der Waals surface area contributed by atoms with Crippen molar-refractivity contribution in [1.29, 1.82) is 0 Å². The molecule has 42 heavy (non-hydrogen) atoms. The number of carbonyl (C=O) groups is 1. The highest BCUT2D eigenvalue weighted by atomic mass is 32.2. The second-order valence-electron chi connectivity index (χ2n) is 9.71. The van der Waals surface area contributed by atoms with Crippen molar-refractivity contribution < 1.29 is 45.4 Å². The maximum absolute atomic E-state index is 14.6. The Kier molecular flexibility index (Phi) is 7.39. The molecule has 4 aromatic rings. The lowest BCUT2D eigenvalue weighted by molar-refractivity contribution is -0.287. The molecule has 1 aromatic heterocycles. The first kappa shape index (κ1) is 29.3. The Hall–Kier alpha value is -4.17. The number of fused-ring (bicyclic) bond motifs is 2. The molecule has 14 heteroatoms. The van der Waals surface area contributed by atoms with Crippen molar-refractivity contribution in [2.45, 2.75) is 43.5 Å². The summed E-state index contributed by atoms with van der Waals surface area (Å²) in [6, 6.07) is 13.1. The van der Waals surface area contributed by atoms with E-state index in [9.17, 15) is 35.9 Å². The Balaban J connectivity index is 1.44. The number of nitrogens with one attached hydrogen (secondary N) is 1. The normalized spacial score (nSPS) is 15.1. The number of imidazole rings is 1. The molecule has 0 spiro atoms. The van der Waals surface area contributed by atoms with Gasteiger partial charge in [-0.3, -0.25) is 4.79 Å². The van der Waals surface area contributed by atoms with Gasteiger partial charge in [-0.25, -0.2) is 13.4 Å². The zero-order valence-electron chi connectivity index (χ0n) is 22.3. The second-order valence-corrected chi connectivity index (χ2v) is 12.0. The summed E-state index contributed by atoms with van der Waals surface area (Å²) in [5.41, 5.74) is 0.909. The third-order valence-electron chi connectivity index (χ3n) is 6.75. The maximum Gasteiger partial charge on any atom is 0.586 e. The van der Waals surface area contributed by atoms with Crippen molar-refractivity contribution >= 4 is 26.8 Å². The van der Waals surface area contributed by atoms with Crippen LogP contribution in [0.1, 0.15) is 47.2 Å². The van der Waals surface area contributed by atoms with Gasteiger partial charge in [0.2, 0.25) is 0 Å². The topological polar surface area (TPSA) is 120 Å². The number of halogens is 4. The fourth-order valence-electron chi connectivity index (χ4n) is 4.64. The Morgan fingerprint density at radius 2 is 1.83 bits per heavy atom. The molecule has 2 N–H and O–H groups in total. The van der Waals surface area contributed by atoms with E-state index in [1.807, 2.05) is 0 Å². The molecule has 2 heterocycles. The number of rotatable bonds is 9. The molecule has 0 saturated carbocycles. The Morgan fingerprint density at radius 3 is 2.48 bits per heavy atom. The molecule has 0 radical (unpaired) electrons. The number of aromatic nitrogens is 2. The maximum atomic E-state index is 14.6. The molecule has 5 rings (SSSR count). The number of para-hydroxylation sites is 1. The van der Waals surface area contributed by atoms with E-state index in [-0.39, 0.29) is 50.9 Å². The van der Waals surface area contributed by atoms with Crippen LogP contribution in [0, 0.1) is 0 Å². The summed E-state index contributed by atoms with van der Waals surface area (Å²) < 4.78 is 91.0. The summed E-state index contributed by atoms with van der Waals surface area (Å²) in [5.74, 6) is -5.32. The average molecular weight is 608 g/mol. The van der Waals surface area contributed by atoms with Crippen molar-refractivity contribution in [2.75, 3.05) is 12.4 Å². The molecule has 0 bridgehead atoms. The molecule has 0 unspecified atom stereocenters. The third kappa shape index (κ3) is 5.63. The second kappa shape index (κ2) is 10.6. The van der Waals surface area contributed by atoms with Crippen LogP contribution >= 0.6 is 0 Å². The van der Waals surface area contributed by atoms with Gasteiger partial charge in [-0.05, 0) is 42.0 Å². The number of alkyl halides is 4. The van der Waals surface area contributed by atoms with Crippen molar-refractivity contribution in [2.24, 2.45) is 0 Å². The number of benzene rings is 3. The van der Waals surface area contributed by atoms with Gasteiger partial charge in [-0.2, -0.15) is 8.78 Å². The van der Waals surface area contributed by atoms with E-state index in [0.29, 0.717) is 12.5 Å². The molecule has 1 aliphatic rings. The molecule has 0 fully saturated rings. The van der Waals surface area contributed by atoms with Gasteiger partial charge in [-0.15, -0.1) is 8.78 Å². The molecule has 222 valence electrons. The van der Waals surface area contributed by atoms with Gasteiger partial charge in [-0.1, -0.05) is 31.2 Å². The zero-order valence-corrected chi connectivity index (χ0v) is 23.1. The van der Waals surface area contributed by atoms with Gasteiger partial charge in [0.05, 0.1) is 40.9 Å². The fraction of sp³-hybridized carbons (Fsp3) is 0.286. The zero-order chi connectivity index (χ0) is 30.4. The number of aliphatic hydroxyl groups is 1. The minimum absolute atomic E-state index is 0.0453. The number of hydrogen-bond donors (Lipinski definition) is 2. The lowest BCUT2D eigenvalue weighted by atomic mass is 10.1. The van der Waals surface area contributed by atoms with E-state index < -0.39 is 46.4 Å². The van der Waals surface area contributed by atoms with Crippen molar-refractivity contribution in [1.82, 2.24) is 14.9 Å². The van der Waals surface area contributed by atoms with Gasteiger partial charge in [0.25, 0.3) is 5.91 Å². The Labute approximate surface area is 237 Å². The van der Waals surface area contributed by atoms with E-state index in [1.54, 1.807) is 0 Å². The highest BCUT2D eigenvalue weighted by Crippen LogP contribution is 2.44. The Bertz CT molecular complexity index is 1770. The van der Waals surface area contributed by atoms with Crippen LogP contribution in [-0.2, 0) is 22.3 Å². The molecule has 0 aliphatic carbocycles. The van der Waals surface area contributed by atoms with E-state index in [2.05, 4.69) is 19.8 Å². The largest absolute Gasteiger partial charge is 0.586 e. The monoisotopic (exact) mass is 607 g/mol. The van der Waals surface area contributed by atoms with E-state index in [1.165, 1.54) is 67.6 Å². The molecular weight excluding hydrogens is 582 g/mol. The van der Waals surface area contributed by atoms with Crippen LogP contribution in [0.5, 0.6) is 11.5 Å². The van der Waals surface area contributed by atoms with Gasteiger partial charge in [0, 0.05) is 18.1 Å². The smallest absolute Gasteiger partial charge is 0.395 e.